The predicted octanol–water partition coefficient (Wildman–Crippen LogP) is 2.72. The molecule has 1 fully saturated rings. The van der Waals surface area contributed by atoms with E-state index in [2.05, 4.69) is 15.3 Å². The zero-order chi connectivity index (χ0) is 18.9. The lowest BCUT2D eigenvalue weighted by Gasteiger charge is -2.24. The highest BCUT2D eigenvalue weighted by Crippen LogP contribution is 2.26. The van der Waals surface area contributed by atoms with Gasteiger partial charge in [0.25, 0.3) is 5.91 Å². The zero-order valence-corrected chi connectivity index (χ0v) is 16.5. The number of aromatic nitrogens is 2. The van der Waals surface area contributed by atoms with Crippen molar-refractivity contribution in [2.24, 2.45) is 0 Å². The van der Waals surface area contributed by atoms with Crippen molar-refractivity contribution in [3.05, 3.63) is 41.7 Å². The van der Waals surface area contributed by atoms with E-state index in [1.807, 2.05) is 0 Å². The highest BCUT2D eigenvalue weighted by Gasteiger charge is 2.28. The maximum atomic E-state index is 12.7. The summed E-state index contributed by atoms with van der Waals surface area (Å²) in [5, 5.41) is 4.84. The first-order valence-electron chi connectivity index (χ1n) is 8.11. The Morgan fingerprint density at radius 1 is 1.33 bits per heavy atom. The third kappa shape index (κ3) is 3.81. The average Bonchev–Trinajstić information content (AvgIpc) is 3.42. The van der Waals surface area contributed by atoms with Gasteiger partial charge in [-0.15, -0.1) is 11.3 Å². The Kier molecular flexibility index (Phi) is 5.08. The topological polar surface area (TPSA) is 108 Å². The summed E-state index contributed by atoms with van der Waals surface area (Å²) in [6.45, 7) is 0.961. The minimum absolute atomic E-state index is 0.0926. The number of hydrogen-bond acceptors (Lipinski definition) is 7. The van der Waals surface area contributed by atoms with E-state index < -0.39 is 15.9 Å². The number of nitrogens with one attached hydrogen (secondary N) is 2. The number of sulfonamides is 1. The van der Waals surface area contributed by atoms with Gasteiger partial charge in [0.1, 0.15) is 16.3 Å². The van der Waals surface area contributed by atoms with Gasteiger partial charge in [-0.25, -0.2) is 13.4 Å². The fourth-order valence-corrected chi connectivity index (χ4v) is 5.89. The molecule has 0 atom stereocenters. The number of anilines is 1. The monoisotopic (exact) mass is 424 g/mol. The van der Waals surface area contributed by atoms with Crippen molar-refractivity contribution in [3.8, 4) is 11.5 Å². The van der Waals surface area contributed by atoms with Crippen LogP contribution in [-0.4, -0.2) is 53.2 Å². The largest absolute Gasteiger partial charge is 0.463 e. The van der Waals surface area contributed by atoms with Crippen molar-refractivity contribution in [1.82, 2.24) is 14.3 Å². The van der Waals surface area contributed by atoms with Crippen LogP contribution in [0, 0.1) is 0 Å². The van der Waals surface area contributed by atoms with E-state index in [1.165, 1.54) is 27.9 Å². The van der Waals surface area contributed by atoms with E-state index in [0.29, 0.717) is 29.7 Å². The smallest absolute Gasteiger partial charge is 0.273 e. The standard InChI is InChI=1S/C16H16N4O4S3/c21-15(19-16-18-13(10-26-16)14-2-1-5-24-14)12-8-11(9-17-12)27(22,23)20-3-6-25-7-4-20/h1-2,5,8-10,17H,3-4,6-7H2,(H,18,19,21). The molecule has 0 saturated carbocycles. The van der Waals surface area contributed by atoms with Crippen molar-refractivity contribution in [2.45, 2.75) is 4.90 Å². The van der Waals surface area contributed by atoms with Gasteiger partial charge in [-0.3, -0.25) is 10.1 Å². The van der Waals surface area contributed by atoms with E-state index in [0.717, 1.165) is 11.5 Å². The summed E-state index contributed by atoms with van der Waals surface area (Å²) in [6, 6.07) is 4.89. The second-order valence-corrected chi connectivity index (χ2v) is 9.76. The molecule has 11 heteroatoms. The van der Waals surface area contributed by atoms with Crippen LogP contribution in [0.3, 0.4) is 0 Å². The van der Waals surface area contributed by atoms with Gasteiger partial charge in [-0.1, -0.05) is 0 Å². The molecule has 1 aliphatic rings. The molecular weight excluding hydrogens is 408 g/mol. The summed E-state index contributed by atoms with van der Waals surface area (Å²) in [4.78, 5) is 19.5. The summed E-state index contributed by atoms with van der Waals surface area (Å²) in [5.74, 6) is 1.71. The third-order valence-corrected chi connectivity index (χ3v) is 7.58. The van der Waals surface area contributed by atoms with Gasteiger partial charge in [-0.2, -0.15) is 16.1 Å². The lowest BCUT2D eigenvalue weighted by molar-refractivity contribution is 0.102. The number of carbonyl (C=O) groups excluding carboxylic acids is 1. The number of rotatable bonds is 5. The number of thiazole rings is 1. The Labute approximate surface area is 164 Å². The Balaban J connectivity index is 1.47. The molecule has 0 aliphatic carbocycles. The number of thioether (sulfide) groups is 1. The summed E-state index contributed by atoms with van der Waals surface area (Å²) in [5.41, 5.74) is 0.785. The van der Waals surface area contributed by atoms with Crippen molar-refractivity contribution in [1.29, 1.82) is 0 Å². The first-order valence-corrected chi connectivity index (χ1v) is 11.6. The molecule has 3 aromatic rings. The van der Waals surface area contributed by atoms with Crippen LogP contribution in [0.2, 0.25) is 0 Å². The second kappa shape index (κ2) is 7.50. The SMILES string of the molecule is O=C(Nc1nc(-c2ccco2)cs1)c1cc(S(=O)(=O)N2CCSCC2)c[nH]1. The molecule has 4 heterocycles. The maximum Gasteiger partial charge on any atom is 0.273 e. The molecule has 0 unspecified atom stereocenters. The molecule has 0 aromatic carbocycles. The van der Waals surface area contributed by atoms with Crippen LogP contribution in [-0.2, 0) is 10.0 Å². The molecule has 0 radical (unpaired) electrons. The Morgan fingerprint density at radius 2 is 2.15 bits per heavy atom. The number of carbonyl (C=O) groups is 1. The molecule has 142 valence electrons. The number of H-pyrrole nitrogens is 1. The molecule has 0 spiro atoms. The van der Waals surface area contributed by atoms with Crippen molar-refractivity contribution in [2.75, 3.05) is 29.9 Å². The number of nitrogens with zero attached hydrogens (tertiary/aromatic N) is 2. The highest BCUT2D eigenvalue weighted by molar-refractivity contribution is 7.99. The first kappa shape index (κ1) is 18.3. The lowest BCUT2D eigenvalue weighted by atomic mass is 10.4. The lowest BCUT2D eigenvalue weighted by Crippen LogP contribution is -2.37. The van der Waals surface area contributed by atoms with Gasteiger partial charge in [0.15, 0.2) is 10.9 Å². The molecule has 8 nitrogen and oxygen atoms in total. The minimum Gasteiger partial charge on any atom is -0.463 e. The quantitative estimate of drug-likeness (QED) is 0.652. The number of hydrogen-bond donors (Lipinski definition) is 2. The van der Waals surface area contributed by atoms with Crippen molar-refractivity contribution < 1.29 is 17.6 Å². The summed E-state index contributed by atoms with van der Waals surface area (Å²) >= 11 is 2.99. The van der Waals surface area contributed by atoms with Gasteiger partial charge < -0.3 is 9.40 Å². The maximum absolute atomic E-state index is 12.7. The normalized spacial score (nSPS) is 15.7. The van der Waals surface area contributed by atoms with Gasteiger partial charge >= 0.3 is 0 Å². The molecule has 1 aliphatic heterocycles. The third-order valence-electron chi connectivity index (χ3n) is 4.01. The molecular formula is C16H16N4O4S3. The highest BCUT2D eigenvalue weighted by atomic mass is 32.2. The number of aromatic amines is 1. The molecule has 4 rings (SSSR count). The summed E-state index contributed by atoms with van der Waals surface area (Å²) < 4.78 is 32.0. The van der Waals surface area contributed by atoms with E-state index in [4.69, 9.17) is 4.42 Å². The summed E-state index contributed by atoms with van der Waals surface area (Å²) in [6.07, 6.45) is 2.90. The van der Waals surface area contributed by atoms with Crippen LogP contribution in [0.5, 0.6) is 0 Å². The van der Waals surface area contributed by atoms with Crippen LogP contribution < -0.4 is 5.32 Å². The number of amides is 1. The van der Waals surface area contributed by atoms with Gasteiger partial charge in [-0.05, 0) is 18.2 Å². The first-order chi connectivity index (χ1) is 13.0. The van der Waals surface area contributed by atoms with Crippen molar-refractivity contribution >= 4 is 44.2 Å². The van der Waals surface area contributed by atoms with Crippen LogP contribution in [0.25, 0.3) is 11.5 Å². The number of furan rings is 1. The minimum atomic E-state index is -3.59. The van der Waals surface area contributed by atoms with E-state index in [9.17, 15) is 13.2 Å². The van der Waals surface area contributed by atoms with Crippen LogP contribution >= 0.6 is 23.1 Å². The van der Waals surface area contributed by atoms with Gasteiger partial charge in [0.05, 0.1) is 6.26 Å². The predicted molar refractivity (Wildman–Crippen MR) is 105 cm³/mol. The second-order valence-electron chi connectivity index (χ2n) is 5.73. The van der Waals surface area contributed by atoms with Crippen LogP contribution in [0.4, 0.5) is 5.13 Å². The molecule has 3 aromatic heterocycles. The van der Waals surface area contributed by atoms with Crippen LogP contribution in [0.15, 0.2) is 45.4 Å². The Hall–Kier alpha value is -2.08. The van der Waals surface area contributed by atoms with Gasteiger partial charge in [0, 0.05) is 36.2 Å². The molecule has 1 amide bonds. The van der Waals surface area contributed by atoms with Crippen molar-refractivity contribution in [3.63, 3.8) is 0 Å². The van der Waals surface area contributed by atoms with E-state index in [1.54, 1.807) is 35.5 Å². The fourth-order valence-electron chi connectivity index (χ4n) is 2.62. The molecule has 0 bridgehead atoms. The van der Waals surface area contributed by atoms with Gasteiger partial charge in [0.2, 0.25) is 10.0 Å². The average molecular weight is 425 g/mol. The van der Waals surface area contributed by atoms with E-state index >= 15 is 0 Å². The molecule has 2 N–H and O–H groups in total. The zero-order valence-electron chi connectivity index (χ0n) is 14.0. The Bertz CT molecular complexity index is 1030. The molecule has 27 heavy (non-hydrogen) atoms. The summed E-state index contributed by atoms with van der Waals surface area (Å²) in [7, 11) is -3.59. The van der Waals surface area contributed by atoms with Crippen LogP contribution in [0.1, 0.15) is 10.5 Å². The molecule has 1 saturated heterocycles. The fraction of sp³-hybridized carbons (Fsp3) is 0.250. The van der Waals surface area contributed by atoms with E-state index in [-0.39, 0.29) is 10.6 Å². The Morgan fingerprint density at radius 3 is 2.89 bits per heavy atom.